The Hall–Kier alpha value is -2.97. The van der Waals surface area contributed by atoms with E-state index < -0.39 is 28.7 Å². The van der Waals surface area contributed by atoms with E-state index in [1.807, 2.05) is 0 Å². The molecule has 0 unspecified atom stereocenters. The number of methoxy groups -OCH3 is 1. The fraction of sp³-hybridized carbons (Fsp3) is 0.0435. The maximum Gasteiger partial charge on any atom is 0.215 e. The summed E-state index contributed by atoms with van der Waals surface area (Å²) < 4.78 is 19.8. The Labute approximate surface area is 213 Å². The molecule has 0 radical (unpaired) electrons. The summed E-state index contributed by atoms with van der Waals surface area (Å²) in [6, 6.07) is 7.58. The largest absolute Gasteiger partial charge is 0.508 e. The van der Waals surface area contributed by atoms with Crippen LogP contribution in [-0.2, 0) is 0 Å². The number of para-hydroxylation sites is 1. The van der Waals surface area contributed by atoms with Crippen molar-refractivity contribution in [3.8, 4) is 11.4 Å². The van der Waals surface area contributed by atoms with Crippen molar-refractivity contribution in [2.45, 2.75) is 0 Å². The standard InChI is InChI=1S/C23H15Cl4FN2O4/c1-10(28)8-13(11(2)31)20(32)15-9-14(24)23(27)30(15)19-17(25)22(26)29-18(19)21(33)12-6-4-5-7-16(12)34-3/h4-9,29,31H,1-2H2,3H3/b13-8+. The number of nitrogens with zero attached hydrogens (tertiary/aromatic N) is 1. The highest BCUT2D eigenvalue weighted by molar-refractivity contribution is 6.45. The number of Topliss-reactive ketones (excluding diaryl/α,β-unsaturated/α-hetero) is 1. The van der Waals surface area contributed by atoms with Crippen LogP contribution in [0.15, 0.2) is 66.7 Å². The molecule has 0 fully saturated rings. The summed E-state index contributed by atoms with van der Waals surface area (Å²) in [7, 11) is 1.40. The third-order valence-electron chi connectivity index (χ3n) is 4.66. The molecule has 0 aliphatic rings. The van der Waals surface area contributed by atoms with Gasteiger partial charge in [-0.2, -0.15) is 0 Å². The molecule has 11 heteroatoms. The van der Waals surface area contributed by atoms with Gasteiger partial charge in [0, 0.05) is 0 Å². The number of ether oxygens (including phenoxy) is 1. The van der Waals surface area contributed by atoms with Gasteiger partial charge in [0.25, 0.3) is 0 Å². The van der Waals surface area contributed by atoms with Gasteiger partial charge in [-0.25, -0.2) is 4.39 Å². The van der Waals surface area contributed by atoms with Crippen molar-refractivity contribution in [3.63, 3.8) is 0 Å². The monoisotopic (exact) mass is 542 g/mol. The van der Waals surface area contributed by atoms with E-state index in [2.05, 4.69) is 18.1 Å². The van der Waals surface area contributed by atoms with E-state index in [-0.39, 0.29) is 48.7 Å². The Morgan fingerprint density at radius 2 is 1.82 bits per heavy atom. The summed E-state index contributed by atoms with van der Waals surface area (Å²) in [5, 5.41) is 9.30. The predicted molar refractivity (Wildman–Crippen MR) is 131 cm³/mol. The Bertz CT molecular complexity index is 1390. The molecule has 34 heavy (non-hydrogen) atoms. The number of carbonyl (C=O) groups is 2. The number of aromatic nitrogens is 2. The van der Waals surface area contributed by atoms with Gasteiger partial charge in [0.1, 0.15) is 38.4 Å². The fourth-order valence-corrected chi connectivity index (χ4v) is 4.02. The Morgan fingerprint density at radius 3 is 2.41 bits per heavy atom. The van der Waals surface area contributed by atoms with Crippen molar-refractivity contribution < 1.29 is 23.8 Å². The number of halogens is 5. The van der Waals surface area contributed by atoms with Crippen molar-refractivity contribution in [1.29, 1.82) is 0 Å². The van der Waals surface area contributed by atoms with Gasteiger partial charge in [-0.05, 0) is 24.3 Å². The number of aromatic amines is 1. The molecule has 0 aliphatic heterocycles. The van der Waals surface area contributed by atoms with E-state index >= 15 is 0 Å². The van der Waals surface area contributed by atoms with Crippen molar-refractivity contribution in [2.75, 3.05) is 7.11 Å². The fourth-order valence-electron chi connectivity index (χ4n) is 3.20. The highest BCUT2D eigenvalue weighted by Gasteiger charge is 2.31. The average Bonchev–Trinajstić information content (AvgIpc) is 3.25. The summed E-state index contributed by atoms with van der Waals surface area (Å²) in [6.45, 7) is 6.33. The third-order valence-corrected chi connectivity index (χ3v) is 6.17. The smallest absolute Gasteiger partial charge is 0.215 e. The molecule has 3 aromatic rings. The molecule has 3 rings (SSSR count). The molecular formula is C23H15Cl4FN2O4. The first-order valence-corrected chi connectivity index (χ1v) is 10.8. The van der Waals surface area contributed by atoms with Crippen LogP contribution in [0.4, 0.5) is 4.39 Å². The van der Waals surface area contributed by atoms with Crippen LogP contribution >= 0.6 is 46.4 Å². The van der Waals surface area contributed by atoms with Gasteiger partial charge < -0.3 is 14.8 Å². The van der Waals surface area contributed by atoms with Crippen LogP contribution in [0.25, 0.3) is 5.69 Å². The zero-order valence-corrected chi connectivity index (χ0v) is 20.4. The van der Waals surface area contributed by atoms with Crippen LogP contribution in [0, 0.1) is 0 Å². The molecule has 0 aliphatic carbocycles. The lowest BCUT2D eigenvalue weighted by Crippen LogP contribution is -2.14. The second kappa shape index (κ2) is 10.1. The van der Waals surface area contributed by atoms with Crippen LogP contribution in [0.1, 0.15) is 26.5 Å². The van der Waals surface area contributed by atoms with E-state index in [4.69, 9.17) is 51.1 Å². The number of hydrogen-bond donors (Lipinski definition) is 2. The second-order valence-corrected chi connectivity index (χ2v) is 8.31. The van der Waals surface area contributed by atoms with Gasteiger partial charge in [0.15, 0.2) is 0 Å². The molecule has 0 spiro atoms. The molecule has 0 atom stereocenters. The van der Waals surface area contributed by atoms with Crippen molar-refractivity contribution >= 4 is 58.0 Å². The minimum atomic E-state index is -1.01. The van der Waals surface area contributed by atoms with Crippen LogP contribution in [0.3, 0.4) is 0 Å². The van der Waals surface area contributed by atoms with E-state index in [1.165, 1.54) is 19.2 Å². The number of benzene rings is 1. The normalized spacial score (nSPS) is 11.4. The first kappa shape index (κ1) is 25.6. The van der Waals surface area contributed by atoms with Gasteiger partial charge in [0.2, 0.25) is 11.6 Å². The molecule has 1 aromatic carbocycles. The van der Waals surface area contributed by atoms with E-state index in [9.17, 15) is 19.1 Å². The summed E-state index contributed by atoms with van der Waals surface area (Å²) >= 11 is 25.2. The molecule has 0 amide bonds. The number of H-pyrrole nitrogens is 1. The molecule has 0 saturated carbocycles. The number of rotatable bonds is 8. The second-order valence-electron chi connectivity index (χ2n) is 6.79. The van der Waals surface area contributed by atoms with Crippen LogP contribution in [-0.4, -0.2) is 33.3 Å². The number of ketones is 2. The summed E-state index contributed by atoms with van der Waals surface area (Å²) in [6.07, 6.45) is 0.691. The molecule has 0 saturated heterocycles. The van der Waals surface area contributed by atoms with E-state index in [0.29, 0.717) is 6.08 Å². The number of nitrogens with one attached hydrogen (secondary N) is 1. The Balaban J connectivity index is 2.31. The van der Waals surface area contributed by atoms with Crippen LogP contribution in [0.5, 0.6) is 5.75 Å². The van der Waals surface area contributed by atoms with Gasteiger partial charge in [0.05, 0.1) is 34.7 Å². The highest BCUT2D eigenvalue weighted by atomic mass is 35.5. The lowest BCUT2D eigenvalue weighted by molar-refractivity contribution is 0.101. The predicted octanol–water partition coefficient (Wildman–Crippen LogP) is 7.32. The zero-order valence-electron chi connectivity index (χ0n) is 17.4. The van der Waals surface area contributed by atoms with Gasteiger partial charge in [-0.3, -0.25) is 14.2 Å². The molecular weight excluding hydrogens is 529 g/mol. The average molecular weight is 544 g/mol. The number of hydrogen-bond acceptors (Lipinski definition) is 4. The lowest BCUT2D eigenvalue weighted by Gasteiger charge is -2.13. The van der Waals surface area contributed by atoms with E-state index in [1.54, 1.807) is 18.2 Å². The molecule has 2 N–H and O–H groups in total. The summed E-state index contributed by atoms with van der Waals surface area (Å²) in [5.41, 5.74) is -0.837. The number of aliphatic hydroxyl groups excluding tert-OH is 1. The SMILES string of the molecule is C=C(F)/C=C(\C(=C)O)C(=O)c1cc(Cl)c(Cl)n1-c1c(C(=O)c2ccccc2OC)[nH]c(Cl)c1Cl. The van der Waals surface area contributed by atoms with Gasteiger partial charge in [-0.15, -0.1) is 0 Å². The minimum Gasteiger partial charge on any atom is -0.508 e. The van der Waals surface area contributed by atoms with Crippen LogP contribution in [0.2, 0.25) is 20.4 Å². The topological polar surface area (TPSA) is 84.3 Å². The molecule has 2 heterocycles. The first-order chi connectivity index (χ1) is 16.0. The summed E-state index contributed by atoms with van der Waals surface area (Å²) in [4.78, 5) is 29.4. The highest BCUT2D eigenvalue weighted by Crippen LogP contribution is 2.40. The van der Waals surface area contributed by atoms with Crippen molar-refractivity contribution in [1.82, 2.24) is 9.55 Å². The zero-order chi connectivity index (χ0) is 25.3. The first-order valence-electron chi connectivity index (χ1n) is 9.30. The van der Waals surface area contributed by atoms with Crippen molar-refractivity contribution in [2.24, 2.45) is 0 Å². The van der Waals surface area contributed by atoms with Crippen LogP contribution < -0.4 is 4.74 Å². The molecule has 176 valence electrons. The maximum atomic E-state index is 13.5. The number of aliphatic hydroxyl groups is 1. The maximum absolute atomic E-state index is 13.5. The lowest BCUT2D eigenvalue weighted by atomic mass is 10.0. The number of carbonyl (C=O) groups excluding carboxylic acids is 2. The minimum absolute atomic E-state index is 0.0870. The Kier molecular flexibility index (Phi) is 7.63. The third kappa shape index (κ3) is 4.65. The molecule has 0 bridgehead atoms. The quantitative estimate of drug-likeness (QED) is 0.135. The van der Waals surface area contributed by atoms with Gasteiger partial charge >= 0.3 is 0 Å². The number of allylic oxidation sites excluding steroid dienone is 3. The Morgan fingerprint density at radius 1 is 1.18 bits per heavy atom. The molecule has 2 aromatic heterocycles. The van der Waals surface area contributed by atoms with Crippen molar-refractivity contribution in [3.05, 3.63) is 104 Å². The summed E-state index contributed by atoms with van der Waals surface area (Å²) in [5.74, 6) is -2.98. The van der Waals surface area contributed by atoms with E-state index in [0.717, 1.165) is 4.57 Å². The molecule has 6 nitrogen and oxygen atoms in total. The van der Waals surface area contributed by atoms with Gasteiger partial charge in [-0.1, -0.05) is 71.7 Å².